The lowest BCUT2D eigenvalue weighted by Crippen LogP contribution is -2.44. The summed E-state index contributed by atoms with van der Waals surface area (Å²) in [6.07, 6.45) is -5.64. The molecule has 1 aliphatic heterocycles. The SMILES string of the molecule is O=C(NS(=O)(=O)c1ccc(C(F)(F)F)cc1)[C@@H]1COCCO1. The Kier molecular flexibility index (Phi) is 4.73. The number of nitrogens with one attached hydrogen (secondary N) is 1. The first-order valence-corrected chi connectivity index (χ1v) is 7.62. The fraction of sp³-hybridized carbons (Fsp3) is 0.417. The minimum Gasteiger partial charge on any atom is -0.376 e. The van der Waals surface area contributed by atoms with Crippen LogP contribution in [0.25, 0.3) is 0 Å². The van der Waals surface area contributed by atoms with Crippen LogP contribution in [0.2, 0.25) is 0 Å². The highest BCUT2D eigenvalue weighted by molar-refractivity contribution is 7.90. The Balaban J connectivity index is 2.11. The Morgan fingerprint density at radius 2 is 1.82 bits per heavy atom. The van der Waals surface area contributed by atoms with Crippen LogP contribution in [0.4, 0.5) is 13.2 Å². The molecule has 0 aliphatic carbocycles. The van der Waals surface area contributed by atoms with Crippen molar-refractivity contribution in [2.45, 2.75) is 17.2 Å². The van der Waals surface area contributed by atoms with Crippen LogP contribution in [0.1, 0.15) is 5.56 Å². The van der Waals surface area contributed by atoms with Crippen molar-refractivity contribution in [3.63, 3.8) is 0 Å². The van der Waals surface area contributed by atoms with E-state index in [1.807, 2.05) is 0 Å². The summed E-state index contributed by atoms with van der Waals surface area (Å²) in [5.74, 6) is -0.931. The molecular weight excluding hydrogens is 327 g/mol. The number of rotatable bonds is 3. The molecule has 1 aromatic carbocycles. The Morgan fingerprint density at radius 1 is 1.18 bits per heavy atom. The average molecular weight is 339 g/mol. The molecule has 0 aromatic heterocycles. The van der Waals surface area contributed by atoms with Gasteiger partial charge in [0.05, 0.1) is 30.3 Å². The molecule has 1 heterocycles. The summed E-state index contributed by atoms with van der Waals surface area (Å²) in [6, 6.07) is 2.80. The normalized spacial score (nSPS) is 19.7. The van der Waals surface area contributed by atoms with E-state index in [9.17, 15) is 26.4 Å². The lowest BCUT2D eigenvalue weighted by molar-refractivity contribution is -0.145. The fourth-order valence-corrected chi connectivity index (χ4v) is 2.73. The highest BCUT2D eigenvalue weighted by Gasteiger charge is 2.31. The smallest absolute Gasteiger partial charge is 0.376 e. The molecule has 1 saturated heterocycles. The van der Waals surface area contributed by atoms with Crippen molar-refractivity contribution in [1.29, 1.82) is 0 Å². The molecule has 0 saturated carbocycles. The van der Waals surface area contributed by atoms with Crippen LogP contribution in [0.3, 0.4) is 0 Å². The van der Waals surface area contributed by atoms with Gasteiger partial charge in [-0.2, -0.15) is 13.2 Å². The number of halogens is 3. The molecule has 0 radical (unpaired) electrons. The van der Waals surface area contributed by atoms with Crippen LogP contribution in [-0.4, -0.2) is 40.2 Å². The molecule has 1 aliphatic rings. The second kappa shape index (κ2) is 6.23. The Hall–Kier alpha value is -1.65. The van der Waals surface area contributed by atoms with Crippen molar-refractivity contribution >= 4 is 15.9 Å². The van der Waals surface area contributed by atoms with E-state index < -0.39 is 38.7 Å². The zero-order valence-corrected chi connectivity index (χ0v) is 11.9. The molecule has 2 rings (SSSR count). The van der Waals surface area contributed by atoms with Gasteiger partial charge in [-0.05, 0) is 24.3 Å². The number of benzene rings is 1. The molecule has 6 nitrogen and oxygen atoms in total. The van der Waals surface area contributed by atoms with Crippen molar-refractivity contribution in [3.8, 4) is 0 Å². The molecule has 22 heavy (non-hydrogen) atoms. The summed E-state index contributed by atoms with van der Waals surface area (Å²) in [7, 11) is -4.27. The van der Waals surface area contributed by atoms with Gasteiger partial charge in [0.1, 0.15) is 0 Å². The predicted octanol–water partition coefficient (Wildman–Crippen LogP) is 0.926. The van der Waals surface area contributed by atoms with Crippen LogP contribution in [0.5, 0.6) is 0 Å². The van der Waals surface area contributed by atoms with Gasteiger partial charge < -0.3 is 9.47 Å². The molecule has 1 atom stereocenters. The largest absolute Gasteiger partial charge is 0.416 e. The van der Waals surface area contributed by atoms with E-state index in [2.05, 4.69) is 0 Å². The first kappa shape index (κ1) is 16.7. The Labute approximate surface area is 124 Å². The first-order chi connectivity index (χ1) is 10.2. The summed E-state index contributed by atoms with van der Waals surface area (Å²) in [4.78, 5) is 11.3. The van der Waals surface area contributed by atoms with Crippen LogP contribution in [0, 0.1) is 0 Å². The van der Waals surface area contributed by atoms with Gasteiger partial charge in [-0.15, -0.1) is 0 Å². The van der Waals surface area contributed by atoms with Crippen LogP contribution in [0.15, 0.2) is 29.2 Å². The summed E-state index contributed by atoms with van der Waals surface area (Å²) in [5, 5.41) is 0. The minimum atomic E-state index is -4.57. The average Bonchev–Trinajstić information content (AvgIpc) is 2.47. The molecule has 1 fully saturated rings. The van der Waals surface area contributed by atoms with Crippen LogP contribution < -0.4 is 4.72 Å². The maximum Gasteiger partial charge on any atom is 0.416 e. The standard InChI is InChI=1S/C12H12F3NO5S/c13-12(14,15)8-1-3-9(4-2-8)22(18,19)16-11(17)10-7-20-5-6-21-10/h1-4,10H,5-7H2,(H,16,17)/t10-/m0/s1. The second-order valence-corrected chi connectivity index (χ2v) is 6.11. The van der Waals surface area contributed by atoms with Crippen molar-refractivity contribution in [2.24, 2.45) is 0 Å². The van der Waals surface area contributed by atoms with E-state index in [4.69, 9.17) is 9.47 Å². The third kappa shape index (κ3) is 3.96. The van der Waals surface area contributed by atoms with Crippen molar-refractivity contribution in [3.05, 3.63) is 29.8 Å². The maximum absolute atomic E-state index is 12.4. The third-order valence-electron chi connectivity index (χ3n) is 2.84. The van der Waals surface area contributed by atoms with Gasteiger partial charge >= 0.3 is 6.18 Å². The van der Waals surface area contributed by atoms with E-state index in [0.717, 1.165) is 12.1 Å². The van der Waals surface area contributed by atoms with Crippen LogP contribution >= 0.6 is 0 Å². The maximum atomic E-state index is 12.4. The van der Waals surface area contributed by atoms with E-state index in [1.165, 1.54) is 0 Å². The summed E-state index contributed by atoms with van der Waals surface area (Å²) < 4.78 is 72.9. The van der Waals surface area contributed by atoms with Gasteiger partial charge in [-0.25, -0.2) is 13.1 Å². The molecule has 1 N–H and O–H groups in total. The zero-order chi connectivity index (χ0) is 16.4. The molecule has 122 valence electrons. The summed E-state index contributed by atoms with van der Waals surface area (Å²) >= 11 is 0. The van der Waals surface area contributed by atoms with E-state index in [1.54, 1.807) is 4.72 Å². The first-order valence-electron chi connectivity index (χ1n) is 6.13. The van der Waals surface area contributed by atoms with E-state index in [-0.39, 0.29) is 13.2 Å². The number of carbonyl (C=O) groups excluding carboxylic acids is 1. The molecule has 10 heteroatoms. The van der Waals surface area contributed by atoms with Crippen molar-refractivity contribution in [2.75, 3.05) is 19.8 Å². The highest BCUT2D eigenvalue weighted by Crippen LogP contribution is 2.29. The molecule has 0 unspecified atom stereocenters. The molecule has 1 amide bonds. The van der Waals surface area contributed by atoms with Gasteiger partial charge in [0.15, 0.2) is 6.10 Å². The third-order valence-corrected chi connectivity index (χ3v) is 4.20. The molecule has 0 bridgehead atoms. The van der Waals surface area contributed by atoms with E-state index >= 15 is 0 Å². The predicted molar refractivity (Wildman–Crippen MR) is 67.3 cm³/mol. The van der Waals surface area contributed by atoms with Gasteiger partial charge in [0, 0.05) is 0 Å². The minimum absolute atomic E-state index is 0.0889. The fourth-order valence-electron chi connectivity index (χ4n) is 1.72. The molecule has 1 aromatic rings. The summed E-state index contributed by atoms with van der Waals surface area (Å²) in [6.45, 7) is 0.363. The lowest BCUT2D eigenvalue weighted by atomic mass is 10.2. The Morgan fingerprint density at radius 3 is 2.32 bits per heavy atom. The number of sulfonamides is 1. The number of carbonyl (C=O) groups is 1. The van der Waals surface area contributed by atoms with Crippen molar-refractivity contribution in [1.82, 2.24) is 4.72 Å². The second-order valence-electron chi connectivity index (χ2n) is 4.43. The van der Waals surface area contributed by atoms with Crippen molar-refractivity contribution < 1.29 is 35.9 Å². The number of hydrogen-bond donors (Lipinski definition) is 1. The van der Waals surface area contributed by atoms with Gasteiger partial charge in [0.2, 0.25) is 0 Å². The topological polar surface area (TPSA) is 81.7 Å². The Bertz CT molecular complexity index is 636. The number of amides is 1. The number of alkyl halides is 3. The van der Waals surface area contributed by atoms with Gasteiger partial charge in [-0.3, -0.25) is 4.79 Å². The van der Waals surface area contributed by atoms with Crippen LogP contribution in [-0.2, 0) is 30.5 Å². The quantitative estimate of drug-likeness (QED) is 0.886. The monoisotopic (exact) mass is 339 g/mol. The van der Waals surface area contributed by atoms with Gasteiger partial charge in [0.25, 0.3) is 15.9 Å². The summed E-state index contributed by atoms with van der Waals surface area (Å²) in [5.41, 5.74) is -0.984. The number of hydrogen-bond acceptors (Lipinski definition) is 5. The highest BCUT2D eigenvalue weighted by atomic mass is 32.2. The van der Waals surface area contributed by atoms with Gasteiger partial charge in [-0.1, -0.05) is 0 Å². The molecular formula is C12H12F3NO5S. The van der Waals surface area contributed by atoms with E-state index in [0.29, 0.717) is 18.7 Å². The zero-order valence-electron chi connectivity index (χ0n) is 11.1. The lowest BCUT2D eigenvalue weighted by Gasteiger charge is -2.21. The number of ether oxygens (including phenoxy) is 2. The molecule has 0 spiro atoms.